The summed E-state index contributed by atoms with van der Waals surface area (Å²) >= 11 is 0. The molecule has 1 heterocycles. The Kier molecular flexibility index (Phi) is 2.38. The predicted octanol–water partition coefficient (Wildman–Crippen LogP) is 0.283. The summed E-state index contributed by atoms with van der Waals surface area (Å²) < 4.78 is 0. The normalized spacial score (nSPS) is 16.9. The number of amides is 1. The van der Waals surface area contributed by atoms with Gasteiger partial charge in [0.15, 0.2) is 0 Å². The molecular formula is C7H10N2O2. The molecule has 0 aromatic rings. The van der Waals surface area contributed by atoms with Crippen LogP contribution in [0.3, 0.4) is 0 Å². The monoisotopic (exact) mass is 154 g/mol. The fourth-order valence-electron chi connectivity index (χ4n) is 0.899. The van der Waals surface area contributed by atoms with Gasteiger partial charge in [0, 0.05) is 6.54 Å². The molecule has 0 aliphatic carbocycles. The van der Waals surface area contributed by atoms with Gasteiger partial charge >= 0.3 is 0 Å². The first-order chi connectivity index (χ1) is 5.24. The number of nitrogens with zero attached hydrogens (tertiary/aromatic N) is 1. The highest BCUT2D eigenvalue weighted by atomic mass is 16.5. The lowest BCUT2D eigenvalue weighted by Gasteiger charge is -2.07. The van der Waals surface area contributed by atoms with Crippen LogP contribution in [0.25, 0.3) is 0 Å². The Morgan fingerprint density at radius 3 is 3.09 bits per heavy atom. The molecule has 1 aliphatic rings. The lowest BCUT2D eigenvalue weighted by Crippen LogP contribution is -2.28. The number of aliphatic imine (C=N–C) groups is 1. The van der Waals surface area contributed by atoms with Crippen molar-refractivity contribution in [2.24, 2.45) is 4.99 Å². The smallest absolute Gasteiger partial charge is 0.288 e. The first-order valence-corrected chi connectivity index (χ1v) is 3.40. The molecule has 0 spiro atoms. The van der Waals surface area contributed by atoms with Gasteiger partial charge in [0.25, 0.3) is 5.91 Å². The minimum Gasteiger partial charge on any atom is -0.288 e. The summed E-state index contributed by atoms with van der Waals surface area (Å²) in [5, 5.41) is 8.26. The molecule has 0 saturated carbocycles. The molecule has 1 rings (SSSR count). The second kappa shape index (κ2) is 3.30. The average molecular weight is 154 g/mol. The summed E-state index contributed by atoms with van der Waals surface area (Å²) in [5.41, 5.74) is 2.95. The molecule has 2 N–H and O–H groups in total. The van der Waals surface area contributed by atoms with Crippen molar-refractivity contribution in [1.82, 2.24) is 5.48 Å². The Balaban J connectivity index is 2.73. The molecule has 0 aromatic carbocycles. The maximum absolute atomic E-state index is 10.8. The minimum atomic E-state index is -0.538. The highest BCUT2D eigenvalue weighted by molar-refractivity contribution is 6.43. The molecule has 60 valence electrons. The fourth-order valence-corrected chi connectivity index (χ4v) is 0.899. The van der Waals surface area contributed by atoms with Crippen molar-refractivity contribution in [2.45, 2.75) is 13.3 Å². The van der Waals surface area contributed by atoms with Crippen LogP contribution in [0.4, 0.5) is 0 Å². The number of hydrogen-bond acceptors (Lipinski definition) is 3. The summed E-state index contributed by atoms with van der Waals surface area (Å²) in [6.07, 6.45) is 2.57. The van der Waals surface area contributed by atoms with Crippen molar-refractivity contribution in [1.29, 1.82) is 0 Å². The van der Waals surface area contributed by atoms with Gasteiger partial charge in [-0.05, 0) is 19.4 Å². The number of carbonyl (C=O) groups is 1. The average Bonchev–Trinajstić information content (AvgIpc) is 2.03. The third-order valence-electron chi connectivity index (χ3n) is 1.51. The standard InChI is InChI=1S/C7H10N2O2/c1-5-2-3-8-6(4-5)7(10)9-11/h4,11H,2-3H2,1H3,(H,9,10). The number of hydroxylamine groups is 1. The first kappa shape index (κ1) is 7.94. The number of rotatable bonds is 1. The second-order valence-electron chi connectivity index (χ2n) is 2.45. The van der Waals surface area contributed by atoms with E-state index in [4.69, 9.17) is 5.21 Å². The van der Waals surface area contributed by atoms with Crippen molar-refractivity contribution in [2.75, 3.05) is 6.54 Å². The maximum atomic E-state index is 10.8. The van der Waals surface area contributed by atoms with Crippen LogP contribution in [-0.4, -0.2) is 23.4 Å². The second-order valence-corrected chi connectivity index (χ2v) is 2.45. The van der Waals surface area contributed by atoms with Gasteiger partial charge in [0.2, 0.25) is 0 Å². The van der Waals surface area contributed by atoms with Crippen LogP contribution in [0, 0.1) is 0 Å². The van der Waals surface area contributed by atoms with Crippen LogP contribution in [0.2, 0.25) is 0 Å². The van der Waals surface area contributed by atoms with Gasteiger partial charge < -0.3 is 0 Å². The van der Waals surface area contributed by atoms with Gasteiger partial charge in [-0.25, -0.2) is 5.48 Å². The zero-order chi connectivity index (χ0) is 8.27. The van der Waals surface area contributed by atoms with E-state index in [1.807, 2.05) is 6.92 Å². The van der Waals surface area contributed by atoms with Gasteiger partial charge in [-0.3, -0.25) is 15.0 Å². The van der Waals surface area contributed by atoms with Crippen LogP contribution in [-0.2, 0) is 4.79 Å². The largest absolute Gasteiger partial charge is 0.292 e. The van der Waals surface area contributed by atoms with Gasteiger partial charge in [-0.2, -0.15) is 0 Å². The van der Waals surface area contributed by atoms with E-state index in [2.05, 4.69) is 4.99 Å². The van der Waals surface area contributed by atoms with Crippen molar-refractivity contribution >= 4 is 11.6 Å². The highest BCUT2D eigenvalue weighted by Gasteiger charge is 2.10. The van der Waals surface area contributed by atoms with Crippen LogP contribution < -0.4 is 5.48 Å². The van der Waals surface area contributed by atoms with E-state index in [1.165, 1.54) is 0 Å². The topological polar surface area (TPSA) is 61.7 Å². The highest BCUT2D eigenvalue weighted by Crippen LogP contribution is 2.06. The zero-order valence-corrected chi connectivity index (χ0v) is 6.29. The Morgan fingerprint density at radius 2 is 2.55 bits per heavy atom. The van der Waals surface area contributed by atoms with Crippen LogP contribution in [0.15, 0.2) is 16.6 Å². The number of hydrogen-bond donors (Lipinski definition) is 2. The third kappa shape index (κ3) is 1.88. The van der Waals surface area contributed by atoms with E-state index < -0.39 is 5.91 Å². The van der Waals surface area contributed by atoms with Crippen LogP contribution in [0.5, 0.6) is 0 Å². The lowest BCUT2D eigenvalue weighted by molar-refractivity contribution is -0.122. The Hall–Kier alpha value is -1.16. The molecule has 11 heavy (non-hydrogen) atoms. The molecule has 0 atom stereocenters. The van der Waals surface area contributed by atoms with E-state index in [0.717, 1.165) is 12.0 Å². The molecule has 0 saturated heterocycles. The molecule has 0 unspecified atom stereocenters. The summed E-state index contributed by atoms with van der Waals surface area (Å²) in [5.74, 6) is -0.538. The number of nitrogens with one attached hydrogen (secondary N) is 1. The van der Waals surface area contributed by atoms with Gasteiger partial charge in [0.05, 0.1) is 0 Å². The van der Waals surface area contributed by atoms with E-state index in [-0.39, 0.29) is 0 Å². The fraction of sp³-hybridized carbons (Fsp3) is 0.429. The first-order valence-electron chi connectivity index (χ1n) is 3.40. The Morgan fingerprint density at radius 1 is 1.82 bits per heavy atom. The SMILES string of the molecule is CC1=CC(C(=O)NO)=NCC1. The summed E-state index contributed by atoms with van der Waals surface area (Å²) in [6.45, 7) is 2.56. The van der Waals surface area contributed by atoms with Crippen LogP contribution >= 0.6 is 0 Å². The minimum absolute atomic E-state index is 0.302. The molecule has 0 bridgehead atoms. The predicted molar refractivity (Wildman–Crippen MR) is 40.6 cm³/mol. The lowest BCUT2D eigenvalue weighted by atomic mass is 10.1. The number of carbonyl (C=O) groups excluding carboxylic acids is 1. The summed E-state index contributed by atoms with van der Waals surface area (Å²) in [6, 6.07) is 0. The molecule has 1 aliphatic heterocycles. The van der Waals surface area contributed by atoms with Crippen molar-refractivity contribution in [3.63, 3.8) is 0 Å². The zero-order valence-electron chi connectivity index (χ0n) is 6.29. The Bertz CT molecular complexity index is 231. The molecular weight excluding hydrogens is 144 g/mol. The van der Waals surface area contributed by atoms with Gasteiger partial charge in [-0.1, -0.05) is 5.57 Å². The molecule has 0 fully saturated rings. The molecule has 1 amide bonds. The number of dihydropyridines is 1. The van der Waals surface area contributed by atoms with Gasteiger partial charge in [0.1, 0.15) is 5.71 Å². The van der Waals surface area contributed by atoms with E-state index in [9.17, 15) is 4.79 Å². The van der Waals surface area contributed by atoms with E-state index in [0.29, 0.717) is 12.3 Å². The van der Waals surface area contributed by atoms with Crippen molar-refractivity contribution in [3.8, 4) is 0 Å². The molecule has 0 aromatic heterocycles. The van der Waals surface area contributed by atoms with Gasteiger partial charge in [-0.15, -0.1) is 0 Å². The van der Waals surface area contributed by atoms with E-state index >= 15 is 0 Å². The molecule has 4 nitrogen and oxygen atoms in total. The maximum Gasteiger partial charge on any atom is 0.292 e. The summed E-state index contributed by atoms with van der Waals surface area (Å²) in [4.78, 5) is 14.7. The Labute approximate surface area is 64.6 Å². The van der Waals surface area contributed by atoms with Crippen molar-refractivity contribution < 1.29 is 10.0 Å². The van der Waals surface area contributed by atoms with Crippen molar-refractivity contribution in [3.05, 3.63) is 11.6 Å². The third-order valence-corrected chi connectivity index (χ3v) is 1.51. The molecule has 4 heteroatoms. The summed E-state index contributed by atoms with van der Waals surface area (Å²) in [7, 11) is 0. The molecule has 0 radical (unpaired) electrons. The van der Waals surface area contributed by atoms with E-state index in [1.54, 1.807) is 11.6 Å². The van der Waals surface area contributed by atoms with Crippen LogP contribution in [0.1, 0.15) is 13.3 Å². The quantitative estimate of drug-likeness (QED) is 0.421.